The predicted octanol–water partition coefficient (Wildman–Crippen LogP) is 2.35. The van der Waals surface area contributed by atoms with Crippen LogP contribution in [0.2, 0.25) is 0 Å². The number of halogens is 1. The maximum atomic E-state index is 10.7. The summed E-state index contributed by atoms with van der Waals surface area (Å²) in [4.78, 5) is 15.0. The van der Waals surface area contributed by atoms with Gasteiger partial charge in [0.05, 0.1) is 6.42 Å². The first kappa shape index (κ1) is 9.65. The predicted molar refractivity (Wildman–Crippen MR) is 55.1 cm³/mol. The highest BCUT2D eigenvalue weighted by Crippen LogP contribution is 2.50. The normalized spacial score (nSPS) is 17.8. The van der Waals surface area contributed by atoms with E-state index in [0.717, 1.165) is 23.1 Å². The molecule has 0 saturated heterocycles. The van der Waals surface area contributed by atoms with Crippen LogP contribution < -0.4 is 0 Å². The number of pyridine rings is 1. The van der Waals surface area contributed by atoms with Gasteiger partial charge >= 0.3 is 5.97 Å². The van der Waals surface area contributed by atoms with E-state index in [4.69, 9.17) is 5.11 Å². The molecule has 0 spiro atoms. The summed E-state index contributed by atoms with van der Waals surface area (Å²) in [5, 5.41) is 8.78. The van der Waals surface area contributed by atoms with Crippen LogP contribution in [0.1, 0.15) is 25.0 Å². The Bertz CT molecular complexity index is 374. The SMILES string of the molecule is O=C(O)CC1(c2cccc(Br)n2)CC1. The van der Waals surface area contributed by atoms with Gasteiger partial charge in [-0.25, -0.2) is 4.98 Å². The van der Waals surface area contributed by atoms with Crippen LogP contribution in [0, 0.1) is 0 Å². The third-order valence-electron chi connectivity index (χ3n) is 2.60. The van der Waals surface area contributed by atoms with E-state index in [0.29, 0.717) is 0 Å². The molecule has 0 unspecified atom stereocenters. The molecule has 2 rings (SSSR count). The van der Waals surface area contributed by atoms with Gasteiger partial charge in [-0.05, 0) is 40.9 Å². The Morgan fingerprint density at radius 2 is 2.29 bits per heavy atom. The van der Waals surface area contributed by atoms with Crippen molar-refractivity contribution in [3.63, 3.8) is 0 Å². The Kier molecular flexibility index (Phi) is 2.31. The second kappa shape index (κ2) is 3.35. The monoisotopic (exact) mass is 255 g/mol. The lowest BCUT2D eigenvalue weighted by molar-refractivity contribution is -0.137. The molecule has 0 radical (unpaired) electrons. The number of hydrogen-bond donors (Lipinski definition) is 1. The molecule has 0 aromatic carbocycles. The molecule has 1 N–H and O–H groups in total. The highest BCUT2D eigenvalue weighted by Gasteiger charge is 2.47. The number of aromatic nitrogens is 1. The number of carboxylic acid groups (broad SMARTS) is 1. The van der Waals surface area contributed by atoms with E-state index in [1.165, 1.54) is 0 Å². The average Bonchev–Trinajstić information content (AvgIpc) is 2.84. The lowest BCUT2D eigenvalue weighted by atomic mass is 9.98. The Morgan fingerprint density at radius 3 is 2.79 bits per heavy atom. The molecule has 0 atom stereocenters. The molecule has 1 aromatic rings. The van der Waals surface area contributed by atoms with E-state index in [9.17, 15) is 4.79 Å². The summed E-state index contributed by atoms with van der Waals surface area (Å²) in [6.07, 6.45) is 2.06. The Balaban J connectivity index is 2.26. The minimum atomic E-state index is -0.746. The maximum absolute atomic E-state index is 10.7. The van der Waals surface area contributed by atoms with E-state index < -0.39 is 5.97 Å². The van der Waals surface area contributed by atoms with Gasteiger partial charge in [0.25, 0.3) is 0 Å². The van der Waals surface area contributed by atoms with Gasteiger partial charge < -0.3 is 5.11 Å². The summed E-state index contributed by atoms with van der Waals surface area (Å²) in [5.41, 5.74) is 0.713. The summed E-state index contributed by atoms with van der Waals surface area (Å²) >= 11 is 3.29. The lowest BCUT2D eigenvalue weighted by Gasteiger charge is -2.11. The van der Waals surface area contributed by atoms with Crippen LogP contribution in [0.15, 0.2) is 22.8 Å². The number of carbonyl (C=O) groups is 1. The molecule has 1 aliphatic rings. The fourth-order valence-electron chi connectivity index (χ4n) is 1.67. The largest absolute Gasteiger partial charge is 0.481 e. The highest BCUT2D eigenvalue weighted by atomic mass is 79.9. The van der Waals surface area contributed by atoms with Gasteiger partial charge in [0.2, 0.25) is 0 Å². The van der Waals surface area contributed by atoms with Crippen LogP contribution in [0.3, 0.4) is 0 Å². The Hall–Kier alpha value is -0.900. The smallest absolute Gasteiger partial charge is 0.304 e. The molecule has 3 nitrogen and oxygen atoms in total. The van der Waals surface area contributed by atoms with E-state index in [1.54, 1.807) is 0 Å². The maximum Gasteiger partial charge on any atom is 0.304 e. The first-order valence-corrected chi connectivity index (χ1v) is 5.27. The minimum absolute atomic E-state index is 0.185. The first-order valence-electron chi connectivity index (χ1n) is 4.47. The fourth-order valence-corrected chi connectivity index (χ4v) is 2.01. The van der Waals surface area contributed by atoms with E-state index in [2.05, 4.69) is 20.9 Å². The Morgan fingerprint density at radius 1 is 1.57 bits per heavy atom. The molecule has 1 aromatic heterocycles. The first-order chi connectivity index (χ1) is 6.62. The van der Waals surface area contributed by atoms with Gasteiger partial charge in [-0.2, -0.15) is 0 Å². The molecule has 1 aliphatic carbocycles. The summed E-state index contributed by atoms with van der Waals surface area (Å²) < 4.78 is 0.770. The van der Waals surface area contributed by atoms with Gasteiger partial charge in [0.15, 0.2) is 0 Å². The molecule has 1 saturated carbocycles. The molecular weight excluding hydrogens is 246 g/mol. The number of carboxylic acids is 1. The molecule has 1 fully saturated rings. The van der Waals surface area contributed by atoms with Gasteiger partial charge in [-0.15, -0.1) is 0 Å². The van der Waals surface area contributed by atoms with Crippen LogP contribution >= 0.6 is 15.9 Å². The van der Waals surface area contributed by atoms with Crippen LogP contribution in [-0.2, 0) is 10.2 Å². The Labute approximate surface area is 90.3 Å². The molecule has 14 heavy (non-hydrogen) atoms. The van der Waals surface area contributed by atoms with Crippen LogP contribution in [0.25, 0.3) is 0 Å². The zero-order valence-electron chi connectivity index (χ0n) is 7.53. The highest BCUT2D eigenvalue weighted by molar-refractivity contribution is 9.10. The molecule has 0 amide bonds. The van der Waals surface area contributed by atoms with Crippen molar-refractivity contribution in [3.05, 3.63) is 28.5 Å². The fraction of sp³-hybridized carbons (Fsp3) is 0.400. The van der Waals surface area contributed by atoms with Gasteiger partial charge in [0.1, 0.15) is 4.60 Å². The van der Waals surface area contributed by atoms with Crippen molar-refractivity contribution in [1.29, 1.82) is 0 Å². The number of hydrogen-bond acceptors (Lipinski definition) is 2. The van der Waals surface area contributed by atoms with Gasteiger partial charge in [-0.1, -0.05) is 6.07 Å². The van der Waals surface area contributed by atoms with Gasteiger partial charge in [-0.3, -0.25) is 4.79 Å². The second-order valence-electron chi connectivity index (χ2n) is 3.70. The van der Waals surface area contributed by atoms with Gasteiger partial charge in [0, 0.05) is 11.1 Å². The van der Waals surface area contributed by atoms with E-state index in [1.807, 2.05) is 18.2 Å². The second-order valence-corrected chi connectivity index (χ2v) is 4.51. The van der Waals surface area contributed by atoms with Crippen molar-refractivity contribution in [2.45, 2.75) is 24.7 Å². The van der Waals surface area contributed by atoms with Crippen molar-refractivity contribution >= 4 is 21.9 Å². The minimum Gasteiger partial charge on any atom is -0.481 e. The molecule has 74 valence electrons. The standard InChI is InChI=1S/C10H10BrNO2/c11-8-3-1-2-7(12-8)10(4-5-10)6-9(13)14/h1-3H,4-6H2,(H,13,14). The van der Waals surface area contributed by atoms with E-state index >= 15 is 0 Å². The third-order valence-corrected chi connectivity index (χ3v) is 3.04. The van der Waals surface area contributed by atoms with Crippen LogP contribution in [0.4, 0.5) is 0 Å². The number of nitrogens with zero attached hydrogens (tertiary/aromatic N) is 1. The molecule has 1 heterocycles. The summed E-state index contributed by atoms with van der Waals surface area (Å²) in [6, 6.07) is 5.65. The number of rotatable bonds is 3. The average molecular weight is 256 g/mol. The van der Waals surface area contributed by atoms with Crippen molar-refractivity contribution in [2.24, 2.45) is 0 Å². The quantitative estimate of drug-likeness (QED) is 0.844. The zero-order valence-corrected chi connectivity index (χ0v) is 9.12. The summed E-state index contributed by atoms with van der Waals surface area (Å²) in [7, 11) is 0. The molecule has 0 aliphatic heterocycles. The van der Waals surface area contributed by atoms with Crippen LogP contribution in [0.5, 0.6) is 0 Å². The zero-order chi connectivity index (χ0) is 10.2. The molecule has 0 bridgehead atoms. The van der Waals surface area contributed by atoms with Crippen LogP contribution in [-0.4, -0.2) is 16.1 Å². The van der Waals surface area contributed by atoms with Crippen molar-refractivity contribution in [3.8, 4) is 0 Å². The molecular formula is C10H10BrNO2. The van der Waals surface area contributed by atoms with Crippen molar-refractivity contribution in [1.82, 2.24) is 4.98 Å². The van der Waals surface area contributed by atoms with Crippen molar-refractivity contribution in [2.75, 3.05) is 0 Å². The number of aliphatic carboxylic acids is 1. The summed E-state index contributed by atoms with van der Waals surface area (Å²) in [5.74, 6) is -0.746. The van der Waals surface area contributed by atoms with Crippen molar-refractivity contribution < 1.29 is 9.90 Å². The topological polar surface area (TPSA) is 50.2 Å². The lowest BCUT2D eigenvalue weighted by Crippen LogP contribution is -2.14. The molecule has 4 heteroatoms. The van der Waals surface area contributed by atoms with E-state index in [-0.39, 0.29) is 11.8 Å². The summed E-state index contributed by atoms with van der Waals surface area (Å²) in [6.45, 7) is 0. The third kappa shape index (κ3) is 1.80.